The number of carbonyl (C=O) groups excluding carboxylic acids is 1. The van der Waals surface area contributed by atoms with E-state index < -0.39 is 5.97 Å². The van der Waals surface area contributed by atoms with Crippen LogP contribution in [-0.2, 0) is 16.1 Å². The lowest BCUT2D eigenvalue weighted by Gasteiger charge is -2.02. The summed E-state index contributed by atoms with van der Waals surface area (Å²) >= 11 is 0. The summed E-state index contributed by atoms with van der Waals surface area (Å²) in [5.41, 5.74) is 0.935. The van der Waals surface area contributed by atoms with E-state index in [1.807, 2.05) is 30.3 Å². The van der Waals surface area contributed by atoms with Crippen LogP contribution in [0.5, 0.6) is 0 Å². The van der Waals surface area contributed by atoms with E-state index >= 15 is 0 Å². The Morgan fingerprint density at radius 2 is 2.13 bits per heavy atom. The van der Waals surface area contributed by atoms with E-state index in [9.17, 15) is 4.79 Å². The Hall–Kier alpha value is -2.08. The molecule has 0 aliphatic carbocycles. The minimum Gasteiger partial charge on any atom is -0.457 e. The van der Waals surface area contributed by atoms with Gasteiger partial charge in [0, 0.05) is 0 Å². The van der Waals surface area contributed by atoms with Gasteiger partial charge in [-0.3, -0.25) is 0 Å². The number of nitrogens with zero attached hydrogens (tertiary/aromatic N) is 1. The van der Waals surface area contributed by atoms with Crippen molar-refractivity contribution in [1.82, 2.24) is 0 Å². The summed E-state index contributed by atoms with van der Waals surface area (Å²) < 4.78 is 4.94. The average Bonchev–Trinajstić information content (AvgIpc) is 2.29. The maximum atomic E-state index is 11.3. The van der Waals surface area contributed by atoms with Gasteiger partial charge in [-0.1, -0.05) is 36.4 Å². The molecule has 1 aromatic rings. The molecule has 0 unspecified atom stereocenters. The van der Waals surface area contributed by atoms with Gasteiger partial charge < -0.3 is 4.74 Å². The molecule has 0 amide bonds. The molecule has 1 aromatic carbocycles. The highest BCUT2D eigenvalue weighted by molar-refractivity contribution is 5.92. The first kappa shape index (κ1) is 11.0. The second-order valence-electron chi connectivity index (χ2n) is 2.88. The summed E-state index contributed by atoms with van der Waals surface area (Å²) in [6.07, 6.45) is 1.44. The summed E-state index contributed by atoms with van der Waals surface area (Å²) in [6, 6.07) is 11.1. The van der Waals surface area contributed by atoms with E-state index in [2.05, 4.69) is 0 Å². The SMILES string of the molecule is C/C=C(/C#N)C(=O)OCc1ccccc1. The number of esters is 1. The van der Waals surface area contributed by atoms with Crippen molar-refractivity contribution < 1.29 is 9.53 Å². The quantitative estimate of drug-likeness (QED) is 0.428. The summed E-state index contributed by atoms with van der Waals surface area (Å²) in [4.78, 5) is 11.3. The number of ether oxygens (including phenoxy) is 1. The first-order valence-corrected chi connectivity index (χ1v) is 4.55. The van der Waals surface area contributed by atoms with E-state index in [0.717, 1.165) is 5.56 Å². The first-order chi connectivity index (χ1) is 7.27. The van der Waals surface area contributed by atoms with Crippen LogP contribution >= 0.6 is 0 Å². The Bertz CT molecular complexity index is 401. The molecule has 76 valence electrons. The Kier molecular flexibility index (Phi) is 4.11. The van der Waals surface area contributed by atoms with Gasteiger partial charge in [-0.05, 0) is 12.5 Å². The molecular formula is C12H11NO2. The van der Waals surface area contributed by atoms with Crippen molar-refractivity contribution in [1.29, 1.82) is 5.26 Å². The molecule has 0 aliphatic rings. The molecule has 0 aromatic heterocycles. The van der Waals surface area contributed by atoms with Gasteiger partial charge >= 0.3 is 5.97 Å². The number of hydrogen-bond acceptors (Lipinski definition) is 3. The molecule has 3 nitrogen and oxygen atoms in total. The molecule has 3 heteroatoms. The second-order valence-corrected chi connectivity index (χ2v) is 2.88. The van der Waals surface area contributed by atoms with Crippen molar-refractivity contribution >= 4 is 5.97 Å². The topological polar surface area (TPSA) is 50.1 Å². The molecule has 0 N–H and O–H groups in total. The predicted octanol–water partition coefficient (Wildman–Crippen LogP) is 2.20. The summed E-state index contributed by atoms with van der Waals surface area (Å²) in [6.45, 7) is 1.82. The predicted molar refractivity (Wildman–Crippen MR) is 55.6 cm³/mol. The number of nitriles is 1. The number of benzene rings is 1. The van der Waals surface area contributed by atoms with Gasteiger partial charge in [-0.25, -0.2) is 4.79 Å². The van der Waals surface area contributed by atoms with E-state index in [-0.39, 0.29) is 12.2 Å². The van der Waals surface area contributed by atoms with Crippen LogP contribution in [-0.4, -0.2) is 5.97 Å². The van der Waals surface area contributed by atoms with E-state index in [1.54, 1.807) is 13.0 Å². The van der Waals surface area contributed by atoms with Crippen molar-refractivity contribution in [2.24, 2.45) is 0 Å². The Balaban J connectivity index is 2.53. The molecule has 0 heterocycles. The van der Waals surface area contributed by atoms with E-state index in [4.69, 9.17) is 10.00 Å². The van der Waals surface area contributed by atoms with Crippen LogP contribution in [0.3, 0.4) is 0 Å². The van der Waals surface area contributed by atoms with Gasteiger partial charge in [0.2, 0.25) is 0 Å². The maximum absolute atomic E-state index is 11.3. The molecule has 0 saturated heterocycles. The fraction of sp³-hybridized carbons (Fsp3) is 0.167. The lowest BCUT2D eigenvalue weighted by Crippen LogP contribution is -2.06. The van der Waals surface area contributed by atoms with Gasteiger partial charge in [0.25, 0.3) is 0 Å². The fourth-order valence-electron chi connectivity index (χ4n) is 1.03. The average molecular weight is 201 g/mol. The monoisotopic (exact) mass is 201 g/mol. The zero-order valence-electron chi connectivity index (χ0n) is 8.43. The molecule has 1 rings (SSSR count). The van der Waals surface area contributed by atoms with Crippen molar-refractivity contribution in [3.05, 3.63) is 47.5 Å². The molecule has 0 fully saturated rings. The lowest BCUT2D eigenvalue weighted by atomic mass is 10.2. The zero-order chi connectivity index (χ0) is 11.1. The highest BCUT2D eigenvalue weighted by Gasteiger charge is 2.08. The van der Waals surface area contributed by atoms with E-state index in [1.165, 1.54) is 6.08 Å². The maximum Gasteiger partial charge on any atom is 0.348 e. The number of carbonyl (C=O) groups is 1. The molecule has 0 radical (unpaired) electrons. The highest BCUT2D eigenvalue weighted by atomic mass is 16.5. The van der Waals surface area contributed by atoms with Crippen LogP contribution in [0.15, 0.2) is 42.0 Å². The third-order valence-corrected chi connectivity index (χ3v) is 1.84. The molecule has 0 atom stereocenters. The smallest absolute Gasteiger partial charge is 0.348 e. The highest BCUT2D eigenvalue weighted by Crippen LogP contribution is 2.03. The van der Waals surface area contributed by atoms with Crippen molar-refractivity contribution in [2.75, 3.05) is 0 Å². The molecule has 15 heavy (non-hydrogen) atoms. The molecule has 0 aliphatic heterocycles. The molecule has 0 saturated carbocycles. The van der Waals surface area contributed by atoms with Gasteiger partial charge in [0.1, 0.15) is 18.2 Å². The number of allylic oxidation sites excluding steroid dienone is 1. The molecular weight excluding hydrogens is 190 g/mol. The van der Waals surface area contributed by atoms with Crippen molar-refractivity contribution in [2.45, 2.75) is 13.5 Å². The number of rotatable bonds is 3. The Labute approximate surface area is 88.6 Å². The second kappa shape index (κ2) is 5.61. The normalized spacial score (nSPS) is 10.5. The van der Waals surface area contributed by atoms with Gasteiger partial charge in [0.05, 0.1) is 0 Å². The van der Waals surface area contributed by atoms with Crippen LogP contribution in [0.2, 0.25) is 0 Å². The molecule has 0 spiro atoms. The summed E-state index contributed by atoms with van der Waals surface area (Å²) in [7, 11) is 0. The minimum absolute atomic E-state index is 0.0333. The van der Waals surface area contributed by atoms with Crippen LogP contribution in [0.1, 0.15) is 12.5 Å². The summed E-state index contributed by atoms with van der Waals surface area (Å²) in [5.74, 6) is -0.580. The summed E-state index contributed by atoms with van der Waals surface area (Å²) in [5, 5.41) is 8.57. The largest absolute Gasteiger partial charge is 0.457 e. The number of hydrogen-bond donors (Lipinski definition) is 0. The van der Waals surface area contributed by atoms with Crippen LogP contribution in [0.25, 0.3) is 0 Å². The Morgan fingerprint density at radius 1 is 1.47 bits per heavy atom. The lowest BCUT2D eigenvalue weighted by molar-refractivity contribution is -0.139. The third kappa shape index (κ3) is 3.28. The van der Waals surface area contributed by atoms with Crippen LogP contribution in [0, 0.1) is 11.3 Å². The standard InChI is InChI=1S/C12H11NO2/c1-2-11(8-13)12(14)15-9-10-6-4-3-5-7-10/h2-7H,9H2,1H3/b11-2-. The van der Waals surface area contributed by atoms with Crippen molar-refractivity contribution in [3.8, 4) is 6.07 Å². The fourth-order valence-corrected chi connectivity index (χ4v) is 1.03. The van der Waals surface area contributed by atoms with Crippen LogP contribution < -0.4 is 0 Å². The zero-order valence-corrected chi connectivity index (χ0v) is 8.43. The minimum atomic E-state index is -0.580. The van der Waals surface area contributed by atoms with Crippen LogP contribution in [0.4, 0.5) is 0 Å². The first-order valence-electron chi connectivity index (χ1n) is 4.55. The Morgan fingerprint density at radius 3 is 2.67 bits per heavy atom. The van der Waals surface area contributed by atoms with Gasteiger partial charge in [-0.15, -0.1) is 0 Å². The van der Waals surface area contributed by atoms with Crippen molar-refractivity contribution in [3.63, 3.8) is 0 Å². The van der Waals surface area contributed by atoms with Gasteiger partial charge in [0.15, 0.2) is 0 Å². The third-order valence-electron chi connectivity index (χ3n) is 1.84. The molecule has 0 bridgehead atoms. The van der Waals surface area contributed by atoms with E-state index in [0.29, 0.717) is 0 Å². The van der Waals surface area contributed by atoms with Gasteiger partial charge in [-0.2, -0.15) is 5.26 Å².